The molecule has 1 heterocycles. The van der Waals surface area contributed by atoms with Crippen molar-refractivity contribution in [3.8, 4) is 17.1 Å². The lowest BCUT2D eigenvalue weighted by atomic mass is 10.0. The van der Waals surface area contributed by atoms with E-state index in [1.165, 1.54) is 43.5 Å². The summed E-state index contributed by atoms with van der Waals surface area (Å²) in [5, 5.41) is 12.7. The number of carbonyl (C=O) groups is 1. The van der Waals surface area contributed by atoms with Gasteiger partial charge in [0.25, 0.3) is 0 Å². The van der Waals surface area contributed by atoms with Crippen molar-refractivity contribution in [2.45, 2.75) is 0 Å². The quantitative estimate of drug-likeness (QED) is 0.661. The molecule has 27 heavy (non-hydrogen) atoms. The van der Waals surface area contributed by atoms with E-state index in [1.54, 1.807) is 0 Å². The summed E-state index contributed by atoms with van der Waals surface area (Å²) in [6, 6.07) is 8.17. The summed E-state index contributed by atoms with van der Waals surface area (Å²) in [4.78, 5) is 11.8. The molecule has 0 amide bonds. The molecule has 0 saturated heterocycles. The standard InChI is InChI=1S/C18H16FNO6S/c1-25-15-7-12-14(8-13(15)20-9-27(2,23)24)26-17(16(12)18(21)22)10-3-5-11(19)6-4-10/h3-8,20H,9H2,1-2H3,(H,21,22). The monoisotopic (exact) mass is 393 g/mol. The van der Waals surface area contributed by atoms with E-state index in [0.29, 0.717) is 11.3 Å². The summed E-state index contributed by atoms with van der Waals surface area (Å²) < 4.78 is 46.9. The highest BCUT2D eigenvalue weighted by atomic mass is 32.2. The van der Waals surface area contributed by atoms with Gasteiger partial charge in [-0.1, -0.05) is 0 Å². The predicted octanol–water partition coefficient (Wildman–Crippen LogP) is 3.36. The fourth-order valence-electron chi connectivity index (χ4n) is 2.66. The van der Waals surface area contributed by atoms with Crippen LogP contribution in [-0.4, -0.2) is 38.7 Å². The molecule has 3 rings (SSSR count). The Morgan fingerprint density at radius 2 is 1.93 bits per heavy atom. The lowest BCUT2D eigenvalue weighted by molar-refractivity contribution is 0.0699. The van der Waals surface area contributed by atoms with E-state index in [2.05, 4.69) is 5.32 Å². The van der Waals surface area contributed by atoms with Crippen molar-refractivity contribution >= 4 is 32.5 Å². The van der Waals surface area contributed by atoms with Crippen molar-refractivity contribution in [1.29, 1.82) is 0 Å². The Balaban J connectivity index is 2.19. The molecule has 0 fully saturated rings. The zero-order valence-electron chi connectivity index (χ0n) is 14.4. The van der Waals surface area contributed by atoms with Gasteiger partial charge in [-0.05, 0) is 30.3 Å². The second-order valence-electron chi connectivity index (χ2n) is 5.91. The average Bonchev–Trinajstić information content (AvgIpc) is 2.97. The number of halogens is 1. The molecule has 0 aliphatic carbocycles. The second-order valence-corrected chi connectivity index (χ2v) is 8.05. The first-order chi connectivity index (χ1) is 12.7. The number of carboxylic acids is 1. The number of sulfone groups is 1. The van der Waals surface area contributed by atoms with Crippen molar-refractivity contribution in [3.63, 3.8) is 0 Å². The molecule has 0 unspecified atom stereocenters. The summed E-state index contributed by atoms with van der Waals surface area (Å²) in [6.07, 6.45) is 1.08. The smallest absolute Gasteiger partial charge is 0.340 e. The molecule has 2 aromatic carbocycles. The van der Waals surface area contributed by atoms with Gasteiger partial charge in [-0.25, -0.2) is 17.6 Å². The third-order valence-electron chi connectivity index (χ3n) is 3.86. The van der Waals surface area contributed by atoms with E-state index in [0.717, 1.165) is 6.26 Å². The van der Waals surface area contributed by atoms with Gasteiger partial charge in [-0.15, -0.1) is 0 Å². The average molecular weight is 393 g/mol. The van der Waals surface area contributed by atoms with Crippen molar-refractivity contribution in [2.24, 2.45) is 0 Å². The van der Waals surface area contributed by atoms with E-state index in [-0.39, 0.29) is 33.9 Å². The van der Waals surface area contributed by atoms with E-state index in [4.69, 9.17) is 9.15 Å². The molecule has 0 bridgehead atoms. The second kappa shape index (κ2) is 6.92. The minimum absolute atomic E-state index is 0.0693. The van der Waals surface area contributed by atoms with Gasteiger partial charge in [0.15, 0.2) is 9.84 Å². The number of rotatable bonds is 6. The lowest BCUT2D eigenvalue weighted by Crippen LogP contribution is -2.12. The van der Waals surface area contributed by atoms with Crippen LogP contribution in [0, 0.1) is 5.82 Å². The van der Waals surface area contributed by atoms with Gasteiger partial charge in [0.2, 0.25) is 0 Å². The number of fused-ring (bicyclic) bond motifs is 1. The summed E-state index contributed by atoms with van der Waals surface area (Å²) in [7, 11) is -1.91. The van der Waals surface area contributed by atoms with Crippen LogP contribution in [0.5, 0.6) is 5.75 Å². The SMILES string of the molecule is COc1cc2c(C(=O)O)c(-c3ccc(F)cc3)oc2cc1NCS(C)(=O)=O. The van der Waals surface area contributed by atoms with Crippen LogP contribution in [0.3, 0.4) is 0 Å². The first-order valence-electron chi connectivity index (χ1n) is 7.75. The van der Waals surface area contributed by atoms with E-state index < -0.39 is 21.6 Å². The van der Waals surface area contributed by atoms with Crippen molar-refractivity contribution in [1.82, 2.24) is 0 Å². The highest BCUT2D eigenvalue weighted by Crippen LogP contribution is 2.39. The van der Waals surface area contributed by atoms with Crippen molar-refractivity contribution in [3.05, 3.63) is 47.8 Å². The zero-order valence-corrected chi connectivity index (χ0v) is 15.3. The van der Waals surface area contributed by atoms with Crippen LogP contribution in [0.4, 0.5) is 10.1 Å². The number of nitrogens with one attached hydrogen (secondary N) is 1. The number of benzene rings is 2. The number of hydrogen-bond acceptors (Lipinski definition) is 6. The molecule has 0 aliphatic rings. The first-order valence-corrected chi connectivity index (χ1v) is 9.81. The number of hydrogen-bond donors (Lipinski definition) is 2. The minimum atomic E-state index is -3.29. The normalized spacial score (nSPS) is 11.5. The van der Waals surface area contributed by atoms with Crippen LogP contribution in [-0.2, 0) is 9.84 Å². The summed E-state index contributed by atoms with van der Waals surface area (Å²) in [5.74, 6) is -1.67. The third-order valence-corrected chi connectivity index (χ3v) is 4.52. The van der Waals surface area contributed by atoms with E-state index in [1.807, 2.05) is 0 Å². The third kappa shape index (κ3) is 3.87. The summed E-state index contributed by atoms with van der Waals surface area (Å²) >= 11 is 0. The van der Waals surface area contributed by atoms with Crippen LogP contribution < -0.4 is 10.1 Å². The Hall–Kier alpha value is -3.07. The van der Waals surface area contributed by atoms with Gasteiger partial charge in [0, 0.05) is 23.3 Å². The van der Waals surface area contributed by atoms with Crippen LogP contribution in [0.15, 0.2) is 40.8 Å². The molecular formula is C18H16FNO6S. The molecule has 0 aliphatic heterocycles. The molecule has 0 spiro atoms. The van der Waals surface area contributed by atoms with Gasteiger partial charge in [0.05, 0.1) is 12.8 Å². The summed E-state index contributed by atoms with van der Waals surface area (Å²) in [5.41, 5.74) is 0.870. The number of aromatic carboxylic acids is 1. The number of anilines is 1. The lowest BCUT2D eigenvalue weighted by Gasteiger charge is -2.10. The maximum absolute atomic E-state index is 13.2. The maximum Gasteiger partial charge on any atom is 0.340 e. The Morgan fingerprint density at radius 1 is 1.26 bits per heavy atom. The highest BCUT2D eigenvalue weighted by Gasteiger charge is 2.23. The number of furan rings is 1. The number of carboxylic acid groups (broad SMARTS) is 1. The fourth-order valence-corrected chi connectivity index (χ4v) is 3.07. The van der Waals surface area contributed by atoms with Crippen LogP contribution in [0.25, 0.3) is 22.3 Å². The molecule has 0 atom stereocenters. The van der Waals surface area contributed by atoms with Gasteiger partial charge < -0.3 is 19.6 Å². The topological polar surface area (TPSA) is 106 Å². The molecule has 9 heteroatoms. The Kier molecular flexibility index (Phi) is 4.79. The fraction of sp³-hybridized carbons (Fsp3) is 0.167. The van der Waals surface area contributed by atoms with Crippen LogP contribution in [0.1, 0.15) is 10.4 Å². The minimum Gasteiger partial charge on any atom is -0.495 e. The Morgan fingerprint density at radius 3 is 2.48 bits per heavy atom. The van der Waals surface area contributed by atoms with Crippen LogP contribution in [0.2, 0.25) is 0 Å². The molecule has 0 radical (unpaired) electrons. The Bertz CT molecular complexity index is 1120. The predicted molar refractivity (Wildman–Crippen MR) is 98.5 cm³/mol. The van der Waals surface area contributed by atoms with Gasteiger partial charge in [-0.3, -0.25) is 0 Å². The largest absolute Gasteiger partial charge is 0.495 e. The van der Waals surface area contributed by atoms with Crippen molar-refractivity contribution < 1.29 is 31.9 Å². The number of ether oxygens (including phenoxy) is 1. The number of methoxy groups -OCH3 is 1. The van der Waals surface area contributed by atoms with E-state index >= 15 is 0 Å². The van der Waals surface area contributed by atoms with Gasteiger partial charge in [-0.2, -0.15) is 0 Å². The molecule has 142 valence electrons. The van der Waals surface area contributed by atoms with Crippen molar-refractivity contribution in [2.75, 3.05) is 24.6 Å². The molecule has 3 aromatic rings. The molecule has 2 N–H and O–H groups in total. The first kappa shape index (κ1) is 18.7. The highest BCUT2D eigenvalue weighted by molar-refractivity contribution is 7.90. The molecule has 0 saturated carbocycles. The molecule has 1 aromatic heterocycles. The van der Waals surface area contributed by atoms with E-state index in [9.17, 15) is 22.7 Å². The van der Waals surface area contributed by atoms with Crippen LogP contribution >= 0.6 is 0 Å². The Labute approximate surface area is 154 Å². The van der Waals surface area contributed by atoms with Gasteiger partial charge >= 0.3 is 5.97 Å². The molecule has 7 nitrogen and oxygen atoms in total. The summed E-state index contributed by atoms with van der Waals surface area (Å²) in [6.45, 7) is 0. The zero-order chi connectivity index (χ0) is 19.8. The van der Waals surface area contributed by atoms with Gasteiger partial charge in [0.1, 0.15) is 34.4 Å². The maximum atomic E-state index is 13.2. The molecular weight excluding hydrogens is 377 g/mol.